The average molecular weight is 742 g/mol. The molecule has 4 heterocycles. The first-order valence-electron chi connectivity index (χ1n) is 13.2. The van der Waals surface area contributed by atoms with Crippen LogP contribution in [0.5, 0.6) is 0 Å². The summed E-state index contributed by atoms with van der Waals surface area (Å²) >= 11 is 0. The van der Waals surface area contributed by atoms with E-state index in [1.807, 2.05) is 105 Å². The number of pyridine rings is 4. The van der Waals surface area contributed by atoms with E-state index < -0.39 is 0 Å². The van der Waals surface area contributed by atoms with Crippen molar-refractivity contribution in [3.63, 3.8) is 0 Å². The summed E-state index contributed by atoms with van der Waals surface area (Å²) in [6.07, 6.45) is 7.39. The van der Waals surface area contributed by atoms with Crippen LogP contribution in [0.25, 0.3) is 43.6 Å². The first kappa shape index (κ1) is 38.8. The summed E-state index contributed by atoms with van der Waals surface area (Å²) in [4.78, 5) is 26.6. The van der Waals surface area contributed by atoms with Crippen LogP contribution in [0.3, 0.4) is 0 Å². The second-order valence-corrected chi connectivity index (χ2v) is 10.6. The van der Waals surface area contributed by atoms with E-state index in [0.29, 0.717) is 0 Å². The second kappa shape index (κ2) is 16.2. The number of hydrogen-bond donors (Lipinski definition) is 0. The molecule has 0 spiro atoms. The minimum absolute atomic E-state index is 0. The summed E-state index contributed by atoms with van der Waals surface area (Å²) in [6, 6.07) is 16.7. The molecule has 0 amide bonds. The van der Waals surface area contributed by atoms with Gasteiger partial charge in [-0.3, -0.25) is 19.9 Å². The molecule has 0 saturated heterocycles. The van der Waals surface area contributed by atoms with E-state index in [0.717, 1.165) is 66.4 Å². The summed E-state index contributed by atoms with van der Waals surface area (Å²) in [5, 5.41) is 4.53. The zero-order chi connectivity index (χ0) is 28.6. The topological polar surface area (TPSA) is 64.5 Å². The normalized spacial score (nSPS) is 10.0. The van der Waals surface area contributed by atoms with E-state index in [1.54, 1.807) is 0 Å². The van der Waals surface area contributed by atoms with Gasteiger partial charge in [-0.1, -0.05) is 0 Å². The molecule has 0 fully saturated rings. The van der Waals surface area contributed by atoms with Crippen LogP contribution < -0.4 is 56.8 Å². The van der Waals surface area contributed by atoms with Crippen molar-refractivity contribution >= 4 is 66.4 Å². The molecule has 4 aromatic heterocycles. The summed E-state index contributed by atoms with van der Waals surface area (Å²) < 4.78 is 0. The van der Waals surface area contributed by atoms with Gasteiger partial charge >= 0.3 is 19.5 Å². The summed E-state index contributed by atoms with van der Waals surface area (Å²) in [7, 11) is 16.4. The monoisotopic (exact) mass is 740 g/mol. The predicted molar refractivity (Wildman–Crippen MR) is 171 cm³/mol. The second-order valence-electron chi connectivity index (χ2n) is 10.6. The third kappa shape index (κ3) is 7.35. The molecule has 0 radical (unpaired) electrons. The molecule has 0 aliphatic carbocycles. The number of nitrogens with zero attached hydrogens (tertiary/aromatic N) is 8. The molecule has 0 atom stereocenters. The summed E-state index contributed by atoms with van der Waals surface area (Å²) in [5.41, 5.74) is 8.47. The van der Waals surface area contributed by atoms with Crippen molar-refractivity contribution in [2.45, 2.75) is 0 Å². The van der Waals surface area contributed by atoms with E-state index >= 15 is 0 Å². The molecule has 2 aromatic carbocycles. The molecular formula is C32H36Cl3N8Rh. The van der Waals surface area contributed by atoms with Gasteiger partial charge in [-0.2, -0.15) is 0 Å². The number of benzene rings is 2. The molecule has 0 aliphatic heterocycles. The van der Waals surface area contributed by atoms with Crippen LogP contribution in [0.4, 0.5) is 22.7 Å². The molecule has 8 nitrogen and oxygen atoms in total. The molecule has 0 saturated carbocycles. The van der Waals surface area contributed by atoms with Gasteiger partial charge in [0.25, 0.3) is 0 Å². The maximum Gasteiger partial charge on any atom is 3.00 e. The van der Waals surface area contributed by atoms with Crippen molar-refractivity contribution in [3.8, 4) is 0 Å². The number of halogens is 3. The Hall–Kier alpha value is -3.23. The Kier molecular flexibility index (Phi) is 14.3. The van der Waals surface area contributed by atoms with Crippen molar-refractivity contribution in [1.82, 2.24) is 19.9 Å². The molecular weight excluding hydrogens is 706 g/mol. The largest absolute Gasteiger partial charge is 3.00 e. The molecule has 0 aliphatic rings. The first-order valence-corrected chi connectivity index (χ1v) is 13.2. The standard InChI is InChI=1S/2C16H18N4.3ClH.Rh/c2*1-19(2)13-7-9-17-15-11(13)5-6-12-14(20(3)4)8-10-18-16(12)15;;;;/h2*5-10H,1-4H3;3*1H;/q;;;;;+3/p-3. The molecule has 6 rings (SSSR count). The van der Waals surface area contributed by atoms with Crippen LogP contribution in [0.2, 0.25) is 0 Å². The minimum atomic E-state index is 0. The number of anilines is 4. The fourth-order valence-electron chi connectivity index (χ4n) is 5.16. The van der Waals surface area contributed by atoms with E-state index in [-0.39, 0.29) is 56.7 Å². The Morgan fingerprint density at radius 3 is 0.682 bits per heavy atom. The molecule has 0 bridgehead atoms. The van der Waals surface area contributed by atoms with Crippen LogP contribution in [-0.2, 0) is 19.5 Å². The van der Waals surface area contributed by atoms with Crippen molar-refractivity contribution in [2.24, 2.45) is 0 Å². The van der Waals surface area contributed by atoms with Crippen molar-refractivity contribution in [2.75, 3.05) is 76.0 Å². The van der Waals surface area contributed by atoms with Crippen LogP contribution in [0.1, 0.15) is 0 Å². The fraction of sp³-hybridized carbons (Fsp3) is 0.250. The Labute approximate surface area is 290 Å². The van der Waals surface area contributed by atoms with Crippen molar-refractivity contribution in [3.05, 3.63) is 73.3 Å². The van der Waals surface area contributed by atoms with Gasteiger partial charge in [-0.05, 0) is 48.5 Å². The first-order chi connectivity index (χ1) is 19.2. The van der Waals surface area contributed by atoms with Gasteiger partial charge in [-0.15, -0.1) is 0 Å². The molecule has 0 unspecified atom stereocenters. The maximum atomic E-state index is 4.55. The third-order valence-electron chi connectivity index (χ3n) is 7.08. The van der Waals surface area contributed by atoms with Crippen LogP contribution in [0, 0.1) is 0 Å². The van der Waals surface area contributed by atoms with Gasteiger partial charge in [0, 0.05) is 125 Å². The Balaban J connectivity index is 0.000000403. The van der Waals surface area contributed by atoms with Gasteiger partial charge in [-0.25, -0.2) is 0 Å². The predicted octanol–water partition coefficient (Wildman–Crippen LogP) is -3.16. The van der Waals surface area contributed by atoms with Crippen molar-refractivity contribution < 1.29 is 56.7 Å². The van der Waals surface area contributed by atoms with Crippen LogP contribution in [0.15, 0.2) is 73.3 Å². The average Bonchev–Trinajstić information content (AvgIpc) is 2.95. The van der Waals surface area contributed by atoms with Gasteiger partial charge in [0.2, 0.25) is 0 Å². The smallest absolute Gasteiger partial charge is 1.00 e. The number of fused-ring (bicyclic) bond motifs is 6. The quantitative estimate of drug-likeness (QED) is 0.139. The minimum Gasteiger partial charge on any atom is -1.00 e. The number of aromatic nitrogens is 4. The SMILES string of the molecule is CN(C)c1ccnc2c1ccc1c(N(C)C)ccnc12.CN(C)c1ccnc2c1ccc1c(N(C)C)ccnc12.[Cl-].[Cl-].[Cl-].[Rh+3]. The number of hydrogen-bond acceptors (Lipinski definition) is 8. The zero-order valence-corrected chi connectivity index (χ0v) is 29.9. The summed E-state index contributed by atoms with van der Waals surface area (Å²) in [5.74, 6) is 0. The Morgan fingerprint density at radius 2 is 0.523 bits per heavy atom. The molecule has 6 aromatic rings. The number of rotatable bonds is 4. The van der Waals surface area contributed by atoms with Gasteiger partial charge in [0.15, 0.2) is 0 Å². The Morgan fingerprint density at radius 1 is 0.341 bits per heavy atom. The van der Waals surface area contributed by atoms with Gasteiger partial charge in [0.1, 0.15) is 0 Å². The van der Waals surface area contributed by atoms with Gasteiger partial charge < -0.3 is 56.8 Å². The maximum absolute atomic E-state index is 4.55. The van der Waals surface area contributed by atoms with E-state index in [4.69, 9.17) is 0 Å². The van der Waals surface area contributed by atoms with E-state index in [2.05, 4.69) is 63.8 Å². The van der Waals surface area contributed by atoms with E-state index in [1.165, 1.54) is 0 Å². The van der Waals surface area contributed by atoms with Crippen LogP contribution in [-0.4, -0.2) is 76.3 Å². The molecule has 12 heteroatoms. The summed E-state index contributed by atoms with van der Waals surface area (Å²) in [6.45, 7) is 0. The van der Waals surface area contributed by atoms with Crippen LogP contribution >= 0.6 is 0 Å². The Bertz CT molecular complexity index is 1580. The molecule has 234 valence electrons. The van der Waals surface area contributed by atoms with Crippen molar-refractivity contribution in [1.29, 1.82) is 0 Å². The fourth-order valence-corrected chi connectivity index (χ4v) is 5.16. The molecule has 0 N–H and O–H groups in total. The van der Waals surface area contributed by atoms with Gasteiger partial charge in [0.05, 0.1) is 22.1 Å². The zero-order valence-electron chi connectivity index (χ0n) is 26.0. The third-order valence-corrected chi connectivity index (χ3v) is 7.08. The molecule has 44 heavy (non-hydrogen) atoms. The van der Waals surface area contributed by atoms with E-state index in [9.17, 15) is 0 Å².